The maximum absolute atomic E-state index is 10.8. The molecule has 0 aromatic rings. The third kappa shape index (κ3) is 13.0. The van der Waals surface area contributed by atoms with Gasteiger partial charge in [0.15, 0.2) is 0 Å². The minimum Gasteiger partial charge on any atom is -0.327 e. The zero-order valence-electron chi connectivity index (χ0n) is 14.7. The number of rotatable bonds is 16. The fraction of sp³-hybridized carbons (Fsp3) is 1.00. The Morgan fingerprint density at radius 2 is 1.17 bits per heavy atom. The average Bonchev–Trinajstić information content (AvgIpc) is 2.47. The Hall–Kier alpha value is -0.0100. The molecular formula is C15H33O7P. The summed E-state index contributed by atoms with van der Waals surface area (Å²) in [7, 11) is -4.51. The standard InChI is InChI=1S/C15H33O7P/c1-4-7-11-19-15(20-12-8-5-2,21-13-9-6-3)10-14-22-23(16,17)18/h4-14H2,1-3H3,(H2,16,17,18). The van der Waals surface area contributed by atoms with Crippen LogP contribution in [-0.4, -0.2) is 42.2 Å². The van der Waals surface area contributed by atoms with Crippen LogP contribution in [0.4, 0.5) is 0 Å². The van der Waals surface area contributed by atoms with E-state index < -0.39 is 13.8 Å². The zero-order valence-corrected chi connectivity index (χ0v) is 15.6. The van der Waals surface area contributed by atoms with Gasteiger partial charge >= 0.3 is 7.82 Å². The lowest BCUT2D eigenvalue weighted by Gasteiger charge is -2.33. The van der Waals surface area contributed by atoms with E-state index in [0.717, 1.165) is 38.5 Å². The van der Waals surface area contributed by atoms with Crippen LogP contribution in [0, 0.1) is 0 Å². The number of phosphoric ester groups is 1. The summed E-state index contributed by atoms with van der Waals surface area (Å²) in [6.07, 6.45) is 5.59. The molecule has 0 heterocycles. The van der Waals surface area contributed by atoms with E-state index in [1.54, 1.807) is 0 Å². The third-order valence-electron chi connectivity index (χ3n) is 3.13. The van der Waals surface area contributed by atoms with Crippen LogP contribution in [-0.2, 0) is 23.3 Å². The monoisotopic (exact) mass is 356 g/mol. The van der Waals surface area contributed by atoms with Crippen molar-refractivity contribution in [3.8, 4) is 0 Å². The molecule has 7 nitrogen and oxygen atoms in total. The molecule has 0 amide bonds. The topological polar surface area (TPSA) is 94.5 Å². The molecule has 0 spiro atoms. The normalized spacial score (nSPS) is 12.7. The Labute approximate surface area is 139 Å². The van der Waals surface area contributed by atoms with Crippen LogP contribution in [0.5, 0.6) is 0 Å². The molecular weight excluding hydrogens is 323 g/mol. The van der Waals surface area contributed by atoms with Gasteiger partial charge in [-0.1, -0.05) is 40.0 Å². The molecule has 0 fully saturated rings. The van der Waals surface area contributed by atoms with Crippen molar-refractivity contribution in [1.29, 1.82) is 0 Å². The molecule has 0 unspecified atom stereocenters. The van der Waals surface area contributed by atoms with Gasteiger partial charge in [0.25, 0.3) is 5.97 Å². The van der Waals surface area contributed by atoms with Gasteiger partial charge in [-0.2, -0.15) is 0 Å². The second-order valence-electron chi connectivity index (χ2n) is 5.36. The molecule has 0 saturated heterocycles. The van der Waals surface area contributed by atoms with Gasteiger partial charge in [0.05, 0.1) is 32.8 Å². The number of ether oxygens (including phenoxy) is 3. The Balaban J connectivity index is 4.74. The van der Waals surface area contributed by atoms with E-state index in [2.05, 4.69) is 25.3 Å². The molecule has 0 aromatic heterocycles. The molecule has 23 heavy (non-hydrogen) atoms. The largest absolute Gasteiger partial charge is 0.469 e. The molecule has 0 aliphatic heterocycles. The van der Waals surface area contributed by atoms with E-state index in [1.165, 1.54) is 0 Å². The predicted molar refractivity (Wildman–Crippen MR) is 87.9 cm³/mol. The van der Waals surface area contributed by atoms with E-state index in [1.807, 2.05) is 0 Å². The van der Waals surface area contributed by atoms with E-state index in [-0.39, 0.29) is 13.0 Å². The van der Waals surface area contributed by atoms with E-state index in [4.69, 9.17) is 24.0 Å². The van der Waals surface area contributed by atoms with Crippen molar-refractivity contribution >= 4 is 7.82 Å². The van der Waals surface area contributed by atoms with Crippen LogP contribution >= 0.6 is 7.82 Å². The van der Waals surface area contributed by atoms with Crippen LogP contribution in [0.15, 0.2) is 0 Å². The SMILES string of the molecule is CCCCOC(CCOP(=O)(O)O)(OCCCC)OCCCC. The van der Waals surface area contributed by atoms with Crippen LogP contribution in [0.1, 0.15) is 65.7 Å². The summed E-state index contributed by atoms with van der Waals surface area (Å²) in [4.78, 5) is 17.6. The highest BCUT2D eigenvalue weighted by atomic mass is 31.2. The molecule has 140 valence electrons. The van der Waals surface area contributed by atoms with Crippen molar-refractivity contribution in [2.75, 3.05) is 26.4 Å². The molecule has 0 aliphatic carbocycles. The second-order valence-corrected chi connectivity index (χ2v) is 6.60. The second kappa shape index (κ2) is 13.3. The van der Waals surface area contributed by atoms with Gasteiger partial charge in [0.2, 0.25) is 0 Å². The molecule has 0 aliphatic rings. The first-order valence-corrected chi connectivity index (χ1v) is 10.0. The highest BCUT2D eigenvalue weighted by molar-refractivity contribution is 7.46. The predicted octanol–water partition coefficient (Wildman–Crippen LogP) is 3.59. The number of hydrogen-bond donors (Lipinski definition) is 2. The quantitative estimate of drug-likeness (QED) is 0.248. The van der Waals surface area contributed by atoms with Gasteiger partial charge in [-0.15, -0.1) is 0 Å². The first-order chi connectivity index (χ1) is 10.9. The van der Waals surface area contributed by atoms with Gasteiger partial charge in [0, 0.05) is 0 Å². The fourth-order valence-electron chi connectivity index (χ4n) is 1.75. The van der Waals surface area contributed by atoms with E-state index in [0.29, 0.717) is 19.8 Å². The molecule has 2 N–H and O–H groups in total. The summed E-state index contributed by atoms with van der Waals surface area (Å²) in [5, 5.41) is 0. The first kappa shape index (κ1) is 23.0. The van der Waals surface area contributed by atoms with Crippen molar-refractivity contribution in [3.05, 3.63) is 0 Å². The molecule has 0 radical (unpaired) electrons. The molecule has 0 saturated carbocycles. The lowest BCUT2D eigenvalue weighted by atomic mass is 10.3. The van der Waals surface area contributed by atoms with Crippen molar-refractivity contribution in [1.82, 2.24) is 0 Å². The average molecular weight is 356 g/mol. The Morgan fingerprint density at radius 1 is 0.783 bits per heavy atom. The zero-order chi connectivity index (χ0) is 17.6. The first-order valence-electron chi connectivity index (χ1n) is 8.51. The van der Waals surface area contributed by atoms with Crippen molar-refractivity contribution in [2.45, 2.75) is 71.7 Å². The lowest BCUT2D eigenvalue weighted by Crippen LogP contribution is -2.41. The van der Waals surface area contributed by atoms with Crippen LogP contribution in [0.2, 0.25) is 0 Å². The fourth-order valence-corrected chi connectivity index (χ4v) is 2.08. The minimum atomic E-state index is -4.51. The van der Waals surface area contributed by atoms with E-state index in [9.17, 15) is 4.57 Å². The number of hydrogen-bond acceptors (Lipinski definition) is 5. The maximum atomic E-state index is 10.8. The van der Waals surface area contributed by atoms with Gasteiger partial charge < -0.3 is 24.0 Å². The lowest BCUT2D eigenvalue weighted by molar-refractivity contribution is -0.385. The number of phosphoric acid groups is 1. The van der Waals surface area contributed by atoms with Crippen molar-refractivity contribution in [2.24, 2.45) is 0 Å². The summed E-state index contributed by atoms with van der Waals surface area (Å²) in [5.41, 5.74) is 0. The Kier molecular flexibility index (Phi) is 13.3. The summed E-state index contributed by atoms with van der Waals surface area (Å²) in [6.45, 7) is 7.35. The van der Waals surface area contributed by atoms with Crippen LogP contribution in [0.3, 0.4) is 0 Å². The molecule has 8 heteroatoms. The summed E-state index contributed by atoms with van der Waals surface area (Å²) in [5.74, 6) is -1.30. The Bertz CT molecular complexity index is 292. The summed E-state index contributed by atoms with van der Waals surface area (Å²) < 4.78 is 32.8. The van der Waals surface area contributed by atoms with Crippen molar-refractivity contribution in [3.63, 3.8) is 0 Å². The van der Waals surface area contributed by atoms with Gasteiger partial charge in [-0.05, 0) is 19.3 Å². The summed E-state index contributed by atoms with van der Waals surface area (Å²) >= 11 is 0. The molecule has 0 bridgehead atoms. The van der Waals surface area contributed by atoms with Gasteiger partial charge in [-0.25, -0.2) is 4.57 Å². The number of unbranched alkanes of at least 4 members (excludes halogenated alkanes) is 3. The van der Waals surface area contributed by atoms with E-state index >= 15 is 0 Å². The Morgan fingerprint density at radius 3 is 1.48 bits per heavy atom. The highest BCUT2D eigenvalue weighted by Gasteiger charge is 2.34. The molecule has 0 rings (SSSR count). The smallest absolute Gasteiger partial charge is 0.327 e. The third-order valence-corrected chi connectivity index (χ3v) is 3.65. The molecule has 0 atom stereocenters. The summed E-state index contributed by atoms with van der Waals surface area (Å²) in [6, 6.07) is 0. The van der Waals surface area contributed by atoms with Crippen LogP contribution in [0.25, 0.3) is 0 Å². The minimum absolute atomic E-state index is 0.106. The highest BCUT2D eigenvalue weighted by Crippen LogP contribution is 2.37. The maximum Gasteiger partial charge on any atom is 0.469 e. The van der Waals surface area contributed by atoms with Gasteiger partial charge in [-0.3, -0.25) is 4.52 Å². The van der Waals surface area contributed by atoms with Gasteiger partial charge in [0.1, 0.15) is 0 Å². The van der Waals surface area contributed by atoms with Crippen LogP contribution < -0.4 is 0 Å². The molecule has 0 aromatic carbocycles. The van der Waals surface area contributed by atoms with Crippen molar-refractivity contribution < 1.29 is 33.1 Å².